The minimum absolute atomic E-state index is 1.15. The average Bonchev–Trinajstić information content (AvgIpc) is 3.06. The molecule has 2 aromatic rings. The van der Waals surface area contributed by atoms with Crippen molar-refractivity contribution in [3.05, 3.63) is 96.1 Å². The van der Waals surface area contributed by atoms with E-state index in [1.165, 1.54) is 170 Å². The van der Waals surface area contributed by atoms with Crippen LogP contribution in [0.2, 0.25) is 0 Å². The van der Waals surface area contributed by atoms with Crippen LogP contribution < -0.4 is 0 Å². The van der Waals surface area contributed by atoms with Gasteiger partial charge in [0.1, 0.15) is 13.1 Å². The standard InChI is InChI=1S/C44H72N/c1-3-5-7-9-11-13-15-17-19-21-23-25-33-39-45(41-43-35-29-27-30-36-43,42-44-37-31-28-32-38-44)40-34-26-24-22-20-18-16-14-12-10-8-6-4-2/h15-18,27-32,35-38H,3-14,19-26,33-34,39-42H2,1-2H3/q+1/b17-15+,18-16+. The van der Waals surface area contributed by atoms with E-state index >= 15 is 0 Å². The fourth-order valence-corrected chi connectivity index (χ4v) is 6.75. The first-order valence-corrected chi connectivity index (χ1v) is 19.5. The summed E-state index contributed by atoms with van der Waals surface area (Å²) >= 11 is 0. The number of nitrogens with zero attached hydrogens (tertiary/aromatic N) is 1. The number of benzene rings is 2. The molecule has 0 saturated heterocycles. The highest BCUT2D eigenvalue weighted by atomic mass is 15.3. The van der Waals surface area contributed by atoms with Crippen molar-refractivity contribution < 1.29 is 4.48 Å². The van der Waals surface area contributed by atoms with Gasteiger partial charge in [-0.1, -0.05) is 163 Å². The van der Waals surface area contributed by atoms with Crippen molar-refractivity contribution in [2.24, 2.45) is 0 Å². The van der Waals surface area contributed by atoms with Gasteiger partial charge in [0, 0.05) is 11.1 Å². The van der Waals surface area contributed by atoms with Gasteiger partial charge in [0.05, 0.1) is 13.1 Å². The van der Waals surface area contributed by atoms with Crippen LogP contribution in [0, 0.1) is 0 Å². The second-order valence-corrected chi connectivity index (χ2v) is 13.8. The lowest BCUT2D eigenvalue weighted by molar-refractivity contribution is -0.954. The first kappa shape index (κ1) is 39.1. The number of hydrogen-bond acceptors (Lipinski definition) is 0. The summed E-state index contributed by atoms with van der Waals surface area (Å²) in [5, 5.41) is 0. The molecule has 0 N–H and O–H groups in total. The van der Waals surface area contributed by atoms with Crippen LogP contribution in [0.1, 0.15) is 166 Å². The maximum atomic E-state index is 2.45. The van der Waals surface area contributed by atoms with Crippen molar-refractivity contribution in [1.29, 1.82) is 0 Å². The summed E-state index contributed by atoms with van der Waals surface area (Å²) in [6.45, 7) is 9.47. The molecule has 0 bridgehead atoms. The highest BCUT2D eigenvalue weighted by Crippen LogP contribution is 2.24. The molecule has 0 spiro atoms. The SMILES string of the molecule is CCCCCCC/C=C/CCCCCC[N+](CCCCCC/C=C/CCCCCCC)(Cc1ccccc1)Cc1ccccc1. The molecule has 1 heteroatoms. The van der Waals surface area contributed by atoms with Crippen molar-refractivity contribution in [2.45, 2.75) is 168 Å². The van der Waals surface area contributed by atoms with Crippen molar-refractivity contribution in [2.75, 3.05) is 13.1 Å². The summed E-state index contributed by atoms with van der Waals surface area (Å²) in [6, 6.07) is 22.6. The Morgan fingerprint density at radius 1 is 0.378 bits per heavy atom. The quantitative estimate of drug-likeness (QED) is 0.0466. The molecule has 2 aromatic carbocycles. The maximum absolute atomic E-state index is 2.45. The van der Waals surface area contributed by atoms with Crippen molar-refractivity contribution in [3.8, 4) is 0 Å². The Balaban J connectivity index is 1.82. The Labute approximate surface area is 281 Å². The van der Waals surface area contributed by atoms with Crippen molar-refractivity contribution >= 4 is 0 Å². The third kappa shape index (κ3) is 21.3. The normalized spacial score (nSPS) is 12.1. The van der Waals surface area contributed by atoms with Gasteiger partial charge in [-0.05, 0) is 77.0 Å². The van der Waals surface area contributed by atoms with Gasteiger partial charge in [-0.15, -0.1) is 0 Å². The minimum Gasteiger partial charge on any atom is -0.316 e. The Morgan fingerprint density at radius 3 is 1.02 bits per heavy atom. The highest BCUT2D eigenvalue weighted by Gasteiger charge is 2.27. The van der Waals surface area contributed by atoms with Gasteiger partial charge in [0.2, 0.25) is 0 Å². The molecule has 0 radical (unpaired) electrons. The zero-order valence-electron chi connectivity index (χ0n) is 29.9. The smallest absolute Gasteiger partial charge is 0.105 e. The van der Waals surface area contributed by atoms with Crippen LogP contribution in [0.5, 0.6) is 0 Å². The molecule has 0 atom stereocenters. The van der Waals surface area contributed by atoms with E-state index < -0.39 is 0 Å². The van der Waals surface area contributed by atoms with Crippen LogP contribution in [-0.2, 0) is 13.1 Å². The molecule has 0 aliphatic heterocycles. The number of rotatable bonds is 30. The van der Waals surface area contributed by atoms with Crippen LogP contribution >= 0.6 is 0 Å². The second kappa shape index (κ2) is 28.1. The largest absolute Gasteiger partial charge is 0.316 e. The second-order valence-electron chi connectivity index (χ2n) is 13.8. The van der Waals surface area contributed by atoms with Crippen molar-refractivity contribution in [1.82, 2.24) is 0 Å². The first-order valence-electron chi connectivity index (χ1n) is 19.5. The number of quaternary nitrogens is 1. The molecular formula is C44H72N+. The van der Waals surface area contributed by atoms with Gasteiger partial charge in [0.25, 0.3) is 0 Å². The molecule has 0 aliphatic rings. The van der Waals surface area contributed by atoms with E-state index in [0.29, 0.717) is 0 Å². The number of unbranched alkanes of at least 4 members (excludes halogenated alkanes) is 18. The highest BCUT2D eigenvalue weighted by molar-refractivity contribution is 5.15. The lowest BCUT2D eigenvalue weighted by atomic mass is 10.0. The van der Waals surface area contributed by atoms with Crippen molar-refractivity contribution in [3.63, 3.8) is 0 Å². The van der Waals surface area contributed by atoms with Crippen LogP contribution in [0.15, 0.2) is 85.0 Å². The molecule has 0 fully saturated rings. The molecule has 1 nitrogen and oxygen atoms in total. The predicted octanol–water partition coefficient (Wildman–Crippen LogP) is 13.9. The van der Waals surface area contributed by atoms with Gasteiger partial charge < -0.3 is 4.48 Å². The molecule has 0 saturated carbocycles. The molecule has 0 aromatic heterocycles. The summed E-state index contributed by atoms with van der Waals surface area (Å²) in [7, 11) is 0. The average molecular weight is 615 g/mol. The van der Waals surface area contributed by atoms with E-state index in [1.807, 2.05) is 0 Å². The third-order valence-corrected chi connectivity index (χ3v) is 9.51. The van der Waals surface area contributed by atoms with Crippen LogP contribution in [0.25, 0.3) is 0 Å². The van der Waals surface area contributed by atoms with Gasteiger partial charge in [-0.2, -0.15) is 0 Å². The molecule has 45 heavy (non-hydrogen) atoms. The fraction of sp³-hybridized carbons (Fsp3) is 0.636. The Bertz CT molecular complexity index is 864. The summed E-state index contributed by atoms with van der Waals surface area (Å²) in [4.78, 5) is 0. The molecule has 0 amide bonds. The molecule has 0 heterocycles. The van der Waals surface area contributed by atoms with Crippen LogP contribution in [-0.4, -0.2) is 17.6 Å². The summed E-state index contributed by atoms with van der Waals surface area (Å²) in [6.07, 6.45) is 39.5. The van der Waals surface area contributed by atoms with E-state index in [1.54, 1.807) is 0 Å². The van der Waals surface area contributed by atoms with Gasteiger partial charge in [-0.25, -0.2) is 0 Å². The third-order valence-electron chi connectivity index (χ3n) is 9.51. The summed E-state index contributed by atoms with van der Waals surface area (Å²) in [5.41, 5.74) is 2.99. The Morgan fingerprint density at radius 2 is 0.689 bits per heavy atom. The molecule has 0 unspecified atom stereocenters. The maximum Gasteiger partial charge on any atom is 0.105 e. The number of allylic oxidation sites excluding steroid dienone is 4. The van der Waals surface area contributed by atoms with E-state index in [0.717, 1.165) is 13.1 Å². The van der Waals surface area contributed by atoms with E-state index in [4.69, 9.17) is 0 Å². The minimum atomic E-state index is 1.15. The van der Waals surface area contributed by atoms with E-state index in [-0.39, 0.29) is 0 Å². The monoisotopic (exact) mass is 615 g/mol. The Kier molecular flexibility index (Phi) is 24.4. The molecule has 252 valence electrons. The molecule has 0 aliphatic carbocycles. The number of hydrogen-bond donors (Lipinski definition) is 0. The first-order chi connectivity index (χ1) is 22.3. The van der Waals surface area contributed by atoms with Gasteiger partial charge in [0.15, 0.2) is 0 Å². The lowest BCUT2D eigenvalue weighted by Gasteiger charge is -2.39. The summed E-state index contributed by atoms with van der Waals surface area (Å²) < 4.78 is 1.20. The van der Waals surface area contributed by atoms with Gasteiger partial charge >= 0.3 is 0 Å². The van der Waals surface area contributed by atoms with Gasteiger partial charge in [-0.3, -0.25) is 0 Å². The van der Waals surface area contributed by atoms with E-state index in [2.05, 4.69) is 98.8 Å². The molecule has 2 rings (SSSR count). The summed E-state index contributed by atoms with van der Waals surface area (Å²) in [5.74, 6) is 0. The molecular weight excluding hydrogens is 542 g/mol. The van der Waals surface area contributed by atoms with E-state index in [9.17, 15) is 0 Å². The predicted molar refractivity (Wildman–Crippen MR) is 201 cm³/mol. The zero-order valence-corrected chi connectivity index (χ0v) is 29.9. The Hall–Kier alpha value is -2.12. The van der Waals surface area contributed by atoms with Crippen LogP contribution in [0.3, 0.4) is 0 Å². The van der Waals surface area contributed by atoms with Crippen LogP contribution in [0.4, 0.5) is 0 Å². The fourth-order valence-electron chi connectivity index (χ4n) is 6.75. The topological polar surface area (TPSA) is 0 Å². The lowest BCUT2D eigenvalue weighted by Crippen LogP contribution is -2.48. The zero-order chi connectivity index (χ0) is 31.9.